The van der Waals surface area contributed by atoms with Crippen LogP contribution in [0.2, 0.25) is 0 Å². The smallest absolute Gasteiger partial charge is 0.326 e. The van der Waals surface area contributed by atoms with Crippen molar-refractivity contribution in [3.05, 3.63) is 30.3 Å². The highest BCUT2D eigenvalue weighted by Crippen LogP contribution is 2.38. The van der Waals surface area contributed by atoms with Crippen LogP contribution in [0.3, 0.4) is 0 Å². The van der Waals surface area contributed by atoms with Gasteiger partial charge in [-0.15, -0.1) is 0 Å². The van der Waals surface area contributed by atoms with Gasteiger partial charge in [0.25, 0.3) is 5.91 Å². The molecule has 2 aromatic rings. The fraction of sp³-hybridized carbons (Fsp3) is 0.412. The normalized spacial score (nSPS) is 21.2. The van der Waals surface area contributed by atoms with Gasteiger partial charge in [-0.3, -0.25) is 9.48 Å². The van der Waals surface area contributed by atoms with Crippen molar-refractivity contribution in [2.75, 3.05) is 24.1 Å². The topological polar surface area (TPSA) is 114 Å². The summed E-state index contributed by atoms with van der Waals surface area (Å²) in [6, 6.07) is 2.54. The minimum absolute atomic E-state index is 0.0813. The molecule has 0 saturated carbocycles. The van der Waals surface area contributed by atoms with Crippen LogP contribution in [0.1, 0.15) is 12.8 Å². The number of aromatic nitrogens is 2. The molecule has 0 spiro atoms. The molecule has 1 aromatic carbocycles. The van der Waals surface area contributed by atoms with Crippen LogP contribution in [-0.2, 0) is 26.3 Å². The van der Waals surface area contributed by atoms with E-state index in [1.807, 2.05) is 0 Å². The Morgan fingerprint density at radius 1 is 1.39 bits per heavy atom. The summed E-state index contributed by atoms with van der Waals surface area (Å²) in [5, 5.41) is 14.3. The number of hydrogen-bond acceptors (Lipinski definition) is 6. The van der Waals surface area contributed by atoms with Crippen molar-refractivity contribution in [3.63, 3.8) is 0 Å². The Hall–Kier alpha value is -2.66. The summed E-state index contributed by atoms with van der Waals surface area (Å²) in [4.78, 5) is 11.4. The summed E-state index contributed by atoms with van der Waals surface area (Å²) in [5.41, 5.74) is -0.0400. The van der Waals surface area contributed by atoms with E-state index in [0.29, 0.717) is 22.3 Å². The van der Waals surface area contributed by atoms with Gasteiger partial charge in [0, 0.05) is 37.1 Å². The number of ether oxygens (including phenoxy) is 1. The standard InChI is InChI=1S/C17H19FN4O5S/c18-16-13(12-7-19-21(8-12)5-3-11-4-6-27-10-11)1-2-14(23)17(16)22-9-15(24)20-28(22,25)26/h1-2,7-8,11,23H,3-6,9-10H2,(H,20,24). The molecule has 1 aromatic heterocycles. The Bertz CT molecular complexity index is 1020. The first kappa shape index (κ1) is 18.7. The average Bonchev–Trinajstić information content (AvgIpc) is 3.34. The van der Waals surface area contributed by atoms with E-state index < -0.39 is 39.9 Å². The molecular weight excluding hydrogens is 391 g/mol. The number of anilines is 1. The molecular formula is C17H19FN4O5S. The Morgan fingerprint density at radius 3 is 2.89 bits per heavy atom. The number of halogens is 1. The van der Waals surface area contributed by atoms with Gasteiger partial charge in [0.05, 0.1) is 6.20 Å². The molecule has 2 fully saturated rings. The van der Waals surface area contributed by atoms with Crippen LogP contribution in [0.15, 0.2) is 24.5 Å². The number of nitrogens with one attached hydrogen (secondary N) is 1. The molecule has 1 unspecified atom stereocenters. The van der Waals surface area contributed by atoms with E-state index in [-0.39, 0.29) is 5.56 Å². The van der Waals surface area contributed by atoms with Gasteiger partial charge in [0.15, 0.2) is 5.82 Å². The highest BCUT2D eigenvalue weighted by molar-refractivity contribution is 7.92. The van der Waals surface area contributed by atoms with E-state index in [1.54, 1.807) is 15.6 Å². The molecule has 2 N–H and O–H groups in total. The number of benzene rings is 1. The number of aromatic hydroxyl groups is 1. The van der Waals surface area contributed by atoms with Gasteiger partial charge in [-0.05, 0) is 30.9 Å². The summed E-state index contributed by atoms with van der Waals surface area (Å²) >= 11 is 0. The molecule has 9 nitrogen and oxygen atoms in total. The van der Waals surface area contributed by atoms with E-state index >= 15 is 4.39 Å². The molecule has 1 amide bonds. The van der Waals surface area contributed by atoms with Gasteiger partial charge >= 0.3 is 10.2 Å². The van der Waals surface area contributed by atoms with Gasteiger partial charge in [-0.2, -0.15) is 13.5 Å². The third-order valence-corrected chi connectivity index (χ3v) is 6.28. The Balaban J connectivity index is 1.62. The zero-order chi connectivity index (χ0) is 19.9. The third kappa shape index (κ3) is 3.42. The fourth-order valence-corrected chi connectivity index (χ4v) is 4.57. The maximum Gasteiger partial charge on any atom is 0.326 e. The number of hydrogen-bond donors (Lipinski definition) is 2. The fourth-order valence-electron chi connectivity index (χ4n) is 3.41. The minimum Gasteiger partial charge on any atom is -0.506 e. The summed E-state index contributed by atoms with van der Waals surface area (Å²) in [6.45, 7) is 1.56. The summed E-state index contributed by atoms with van der Waals surface area (Å²) in [6.07, 6.45) is 5.05. The SMILES string of the molecule is O=C1CN(c2c(O)ccc(-c3cnn(CCC4CCOC4)c3)c2F)S(=O)(=O)N1. The molecule has 11 heteroatoms. The number of rotatable bonds is 5. The Morgan fingerprint density at radius 2 is 2.21 bits per heavy atom. The Labute approximate surface area is 160 Å². The predicted molar refractivity (Wildman–Crippen MR) is 97.2 cm³/mol. The molecule has 2 saturated heterocycles. The number of amides is 1. The molecule has 2 aliphatic heterocycles. The van der Waals surface area contributed by atoms with Crippen molar-refractivity contribution in [2.45, 2.75) is 19.4 Å². The van der Waals surface area contributed by atoms with Gasteiger partial charge in [-0.1, -0.05) is 0 Å². The summed E-state index contributed by atoms with van der Waals surface area (Å²) in [7, 11) is -4.25. The van der Waals surface area contributed by atoms with Crippen molar-refractivity contribution in [2.24, 2.45) is 5.92 Å². The maximum atomic E-state index is 15.1. The molecule has 0 bridgehead atoms. The first-order chi connectivity index (χ1) is 13.3. The maximum absolute atomic E-state index is 15.1. The van der Waals surface area contributed by atoms with Crippen molar-refractivity contribution in [3.8, 4) is 16.9 Å². The van der Waals surface area contributed by atoms with Crippen molar-refractivity contribution in [1.29, 1.82) is 0 Å². The molecule has 28 heavy (non-hydrogen) atoms. The van der Waals surface area contributed by atoms with Crippen molar-refractivity contribution < 1.29 is 27.4 Å². The number of aryl methyl sites for hydroxylation is 1. The van der Waals surface area contributed by atoms with E-state index in [2.05, 4.69) is 5.10 Å². The lowest BCUT2D eigenvalue weighted by Gasteiger charge is -2.18. The van der Waals surface area contributed by atoms with Crippen molar-refractivity contribution >= 4 is 21.8 Å². The Kier molecular flexibility index (Phi) is 4.71. The van der Waals surface area contributed by atoms with Gasteiger partial charge in [-0.25, -0.2) is 13.4 Å². The van der Waals surface area contributed by atoms with Gasteiger partial charge in [0.2, 0.25) is 0 Å². The average molecular weight is 410 g/mol. The highest BCUT2D eigenvalue weighted by atomic mass is 32.2. The number of carbonyl (C=O) groups is 1. The summed E-state index contributed by atoms with van der Waals surface area (Å²) < 4.78 is 48.5. The van der Waals surface area contributed by atoms with Crippen LogP contribution >= 0.6 is 0 Å². The molecule has 3 heterocycles. The second kappa shape index (κ2) is 7.06. The van der Waals surface area contributed by atoms with Crippen LogP contribution in [0.5, 0.6) is 5.75 Å². The first-order valence-electron chi connectivity index (χ1n) is 8.80. The van der Waals surface area contributed by atoms with Gasteiger partial charge in [0.1, 0.15) is 18.0 Å². The van der Waals surface area contributed by atoms with Crippen LogP contribution in [-0.4, -0.2) is 49.0 Å². The minimum atomic E-state index is -4.25. The largest absolute Gasteiger partial charge is 0.506 e. The van der Waals surface area contributed by atoms with Crippen molar-refractivity contribution in [1.82, 2.24) is 14.5 Å². The second-order valence-electron chi connectivity index (χ2n) is 6.84. The van der Waals surface area contributed by atoms with Crippen LogP contribution in [0.25, 0.3) is 11.1 Å². The highest BCUT2D eigenvalue weighted by Gasteiger charge is 2.38. The molecule has 0 radical (unpaired) electrons. The molecule has 150 valence electrons. The second-order valence-corrected chi connectivity index (χ2v) is 8.44. The van der Waals surface area contributed by atoms with Crippen LogP contribution in [0.4, 0.5) is 10.1 Å². The summed E-state index contributed by atoms with van der Waals surface area (Å²) in [5.74, 6) is -1.83. The lowest BCUT2D eigenvalue weighted by Crippen LogP contribution is -2.30. The molecule has 2 aliphatic rings. The lowest BCUT2D eigenvalue weighted by molar-refractivity contribution is -0.117. The zero-order valence-corrected chi connectivity index (χ0v) is 15.7. The number of phenolic OH excluding ortho intramolecular Hbond substituents is 1. The van der Waals surface area contributed by atoms with Gasteiger partial charge < -0.3 is 9.84 Å². The van der Waals surface area contributed by atoms with Crippen LogP contribution < -0.4 is 9.03 Å². The quantitative estimate of drug-likeness (QED) is 0.760. The molecule has 4 rings (SSSR count). The van der Waals surface area contributed by atoms with E-state index in [1.165, 1.54) is 18.3 Å². The van der Waals surface area contributed by atoms with E-state index in [9.17, 15) is 18.3 Å². The molecule has 1 atom stereocenters. The number of phenols is 1. The number of nitrogens with zero attached hydrogens (tertiary/aromatic N) is 3. The third-order valence-electron chi connectivity index (χ3n) is 4.90. The first-order valence-corrected chi connectivity index (χ1v) is 10.2. The monoisotopic (exact) mass is 410 g/mol. The lowest BCUT2D eigenvalue weighted by atomic mass is 10.1. The van der Waals surface area contributed by atoms with E-state index in [4.69, 9.17) is 4.74 Å². The van der Waals surface area contributed by atoms with E-state index in [0.717, 1.165) is 26.1 Å². The zero-order valence-electron chi connectivity index (χ0n) is 14.8. The molecule has 0 aliphatic carbocycles. The predicted octanol–water partition coefficient (Wildman–Crippen LogP) is 1.00. The number of carbonyl (C=O) groups excluding carboxylic acids is 1. The van der Waals surface area contributed by atoms with Crippen LogP contribution in [0, 0.1) is 11.7 Å².